The van der Waals surface area contributed by atoms with Crippen LogP contribution in [0, 0.1) is 0 Å². The van der Waals surface area contributed by atoms with E-state index in [-0.39, 0.29) is 22.3 Å². The third-order valence-corrected chi connectivity index (χ3v) is 2.55. The smallest absolute Gasteiger partial charge is 0.390 e. The summed E-state index contributed by atoms with van der Waals surface area (Å²) < 4.78 is 19.5. The van der Waals surface area contributed by atoms with Crippen molar-refractivity contribution in [3.63, 3.8) is 0 Å². The molecule has 0 unspecified atom stereocenters. The van der Waals surface area contributed by atoms with Crippen molar-refractivity contribution in [1.82, 2.24) is 0 Å². The predicted octanol–water partition coefficient (Wildman–Crippen LogP) is 2.37. The second-order valence-corrected chi connectivity index (χ2v) is 3.46. The molecule has 18 heavy (non-hydrogen) atoms. The van der Waals surface area contributed by atoms with Crippen molar-refractivity contribution in [3.8, 4) is 0 Å². The Morgan fingerprint density at radius 2 is 1.00 bits per heavy atom. The zero-order chi connectivity index (χ0) is 12.9. The molecular formula is C12H6O6. The Kier molecular flexibility index (Phi) is 1.94. The van der Waals surface area contributed by atoms with Crippen molar-refractivity contribution in [2.24, 2.45) is 0 Å². The molecule has 0 fully saturated rings. The van der Waals surface area contributed by atoms with Crippen LogP contribution in [0.3, 0.4) is 0 Å². The van der Waals surface area contributed by atoms with Crippen LogP contribution >= 0.6 is 0 Å². The lowest BCUT2D eigenvalue weighted by atomic mass is 10.1. The van der Waals surface area contributed by atoms with E-state index in [1.165, 1.54) is 12.2 Å². The molecule has 1 aromatic carbocycles. The fourth-order valence-corrected chi connectivity index (χ4v) is 1.86. The van der Waals surface area contributed by atoms with Gasteiger partial charge in [0, 0.05) is 11.1 Å². The lowest BCUT2D eigenvalue weighted by molar-refractivity contribution is 0.398. The molecule has 0 N–H and O–H groups in total. The molecule has 0 radical (unpaired) electrons. The van der Waals surface area contributed by atoms with E-state index < -0.39 is 11.6 Å². The van der Waals surface area contributed by atoms with E-state index in [0.29, 0.717) is 11.1 Å². The predicted molar refractivity (Wildman–Crippen MR) is 63.2 cm³/mol. The molecule has 2 heterocycles. The zero-order valence-corrected chi connectivity index (χ0v) is 9.02. The molecule has 3 aromatic rings. The number of fused-ring (bicyclic) bond motifs is 3. The Hall–Kier alpha value is -2.76. The second kappa shape index (κ2) is 3.36. The van der Waals surface area contributed by atoms with E-state index in [1.807, 2.05) is 0 Å². The minimum Gasteiger partial charge on any atom is -0.390 e. The Morgan fingerprint density at radius 3 is 1.33 bits per heavy atom. The third-order valence-electron chi connectivity index (χ3n) is 2.55. The normalized spacial score (nSPS) is 11.1. The highest BCUT2D eigenvalue weighted by atomic mass is 16.6. The lowest BCUT2D eigenvalue weighted by Crippen LogP contribution is -1.86. The first-order chi connectivity index (χ1) is 8.65. The van der Waals surface area contributed by atoms with Crippen molar-refractivity contribution in [2.45, 2.75) is 0 Å². The van der Waals surface area contributed by atoms with Crippen molar-refractivity contribution in [3.05, 3.63) is 45.5 Å². The first-order valence-corrected chi connectivity index (χ1v) is 4.94. The minimum absolute atomic E-state index is 0.0151. The summed E-state index contributed by atoms with van der Waals surface area (Å²) in [5.74, 6) is -1.81. The van der Waals surface area contributed by atoms with Gasteiger partial charge in [-0.15, -0.1) is 0 Å². The van der Waals surface area contributed by atoms with Gasteiger partial charge in [0.05, 0.1) is 0 Å². The van der Waals surface area contributed by atoms with E-state index in [0.717, 1.165) is 0 Å². The molecule has 6 heteroatoms. The van der Waals surface area contributed by atoms with Crippen LogP contribution in [-0.2, 0) is 0 Å². The van der Waals surface area contributed by atoms with E-state index in [9.17, 15) is 9.59 Å². The molecule has 0 aliphatic rings. The van der Waals surface area contributed by atoms with Crippen LogP contribution < -0.4 is 11.6 Å². The van der Waals surface area contributed by atoms with Crippen LogP contribution in [0.15, 0.2) is 40.4 Å². The molecule has 0 aliphatic heterocycles. The topological polar surface area (TPSA) is 86.7 Å². The Labute approximate surface area is 98.4 Å². The van der Waals surface area contributed by atoms with Crippen molar-refractivity contribution in [2.75, 3.05) is 0 Å². The van der Waals surface area contributed by atoms with Gasteiger partial charge in [-0.3, -0.25) is 0 Å². The molecule has 0 amide bonds. The van der Waals surface area contributed by atoms with E-state index in [4.69, 9.17) is 17.7 Å². The Morgan fingerprint density at radius 1 is 0.667 bits per heavy atom. The maximum atomic E-state index is 11.2. The highest BCUT2D eigenvalue weighted by molar-refractivity contribution is 6.05. The summed E-state index contributed by atoms with van der Waals surface area (Å²) >= 11 is 0. The molecule has 90 valence electrons. The summed E-state index contributed by atoms with van der Waals surface area (Å²) in [4.78, 5) is 22.3. The summed E-state index contributed by atoms with van der Waals surface area (Å²) in [6, 6.07) is 0. The molecule has 0 saturated heterocycles. The van der Waals surface area contributed by atoms with Crippen LogP contribution in [0.1, 0.15) is 11.1 Å². The van der Waals surface area contributed by atoms with Crippen LogP contribution in [0.4, 0.5) is 0 Å². The summed E-state index contributed by atoms with van der Waals surface area (Å²) in [7, 11) is 0. The average Bonchev–Trinajstić information content (AvgIpc) is 2.89. The first kappa shape index (κ1) is 10.4. The molecule has 0 bridgehead atoms. The monoisotopic (exact) mass is 246 g/mol. The fourth-order valence-electron chi connectivity index (χ4n) is 1.86. The lowest BCUT2D eigenvalue weighted by Gasteiger charge is -1.99. The third kappa shape index (κ3) is 1.17. The number of rotatable bonds is 2. The zero-order valence-electron chi connectivity index (χ0n) is 9.02. The van der Waals surface area contributed by atoms with Gasteiger partial charge in [0.15, 0.2) is 11.2 Å². The Bertz CT molecular complexity index is 823. The number of hydrogen-bond donors (Lipinski definition) is 0. The van der Waals surface area contributed by atoms with Gasteiger partial charge in [-0.25, -0.2) is 9.59 Å². The number of benzene rings is 1. The first-order valence-electron chi connectivity index (χ1n) is 4.94. The molecule has 2 aromatic heterocycles. The van der Waals surface area contributed by atoms with Crippen molar-refractivity contribution in [1.29, 1.82) is 0 Å². The maximum Gasteiger partial charge on any atom is 0.519 e. The summed E-state index contributed by atoms with van der Waals surface area (Å²) in [6.07, 6.45) is 2.90. The Balaban J connectivity index is 2.77. The fraction of sp³-hybridized carbons (Fsp3) is 0. The standard InChI is InChI=1S/C12H6O6/c1-3-5-6(4-2)8-10(18-12(14)16-8)9-7(5)15-11(13)17-9/h3-4H,1-2H2. The highest BCUT2D eigenvalue weighted by Gasteiger charge is 2.22. The van der Waals surface area contributed by atoms with Crippen molar-refractivity contribution >= 4 is 34.5 Å². The molecule has 0 spiro atoms. The highest BCUT2D eigenvalue weighted by Crippen LogP contribution is 2.33. The molecule has 0 saturated carbocycles. The average molecular weight is 246 g/mol. The molecule has 6 nitrogen and oxygen atoms in total. The van der Waals surface area contributed by atoms with Crippen LogP contribution in [0.25, 0.3) is 34.5 Å². The molecule has 3 rings (SSSR count). The van der Waals surface area contributed by atoms with Gasteiger partial charge >= 0.3 is 11.6 Å². The molecular weight excluding hydrogens is 240 g/mol. The van der Waals surface area contributed by atoms with Crippen molar-refractivity contribution < 1.29 is 17.7 Å². The summed E-state index contributed by atoms with van der Waals surface area (Å²) in [5, 5.41) is 0. The van der Waals surface area contributed by atoms with Gasteiger partial charge < -0.3 is 17.7 Å². The van der Waals surface area contributed by atoms with Gasteiger partial charge in [-0.1, -0.05) is 25.3 Å². The van der Waals surface area contributed by atoms with E-state index >= 15 is 0 Å². The van der Waals surface area contributed by atoms with E-state index in [2.05, 4.69) is 13.2 Å². The quantitative estimate of drug-likeness (QED) is 0.689. The largest absolute Gasteiger partial charge is 0.519 e. The van der Waals surface area contributed by atoms with Gasteiger partial charge in [0.2, 0.25) is 11.2 Å². The van der Waals surface area contributed by atoms with Gasteiger partial charge in [0.25, 0.3) is 0 Å². The van der Waals surface area contributed by atoms with Gasteiger partial charge in [0.1, 0.15) is 0 Å². The van der Waals surface area contributed by atoms with E-state index in [1.54, 1.807) is 0 Å². The van der Waals surface area contributed by atoms with Gasteiger partial charge in [-0.05, 0) is 0 Å². The number of hydrogen-bond acceptors (Lipinski definition) is 6. The summed E-state index contributed by atoms with van der Waals surface area (Å²) in [5.41, 5.74) is 1.21. The SMILES string of the molecule is C=Cc1c(C=C)c2oc(=O)oc2c2oc(=O)oc12. The second-order valence-electron chi connectivity index (χ2n) is 3.46. The van der Waals surface area contributed by atoms with Gasteiger partial charge in [-0.2, -0.15) is 0 Å². The van der Waals surface area contributed by atoms with Crippen LogP contribution in [-0.4, -0.2) is 0 Å². The molecule has 0 aliphatic carbocycles. The minimum atomic E-state index is -0.903. The summed E-state index contributed by atoms with van der Waals surface area (Å²) in [6.45, 7) is 7.22. The molecule has 0 atom stereocenters. The van der Waals surface area contributed by atoms with Crippen LogP contribution in [0.2, 0.25) is 0 Å². The maximum absolute atomic E-state index is 11.2. The van der Waals surface area contributed by atoms with Crippen LogP contribution in [0.5, 0.6) is 0 Å².